The number of rotatable bonds is 10. The molecule has 0 saturated carbocycles. The number of aliphatic carboxylic acids is 2. The van der Waals surface area contributed by atoms with Crippen molar-refractivity contribution in [3.8, 4) is 0 Å². The van der Waals surface area contributed by atoms with Gasteiger partial charge in [-0.15, -0.1) is 0 Å². The Bertz CT molecular complexity index is 903. The molecule has 0 bridgehead atoms. The number of benzene rings is 2. The molecule has 3 rings (SSSR count). The van der Waals surface area contributed by atoms with Crippen molar-refractivity contribution in [3.05, 3.63) is 71.8 Å². The van der Waals surface area contributed by atoms with Gasteiger partial charge in [-0.1, -0.05) is 60.7 Å². The Morgan fingerprint density at radius 2 is 1.56 bits per heavy atom. The second kappa shape index (κ2) is 11.4. The highest BCUT2D eigenvalue weighted by molar-refractivity contribution is 5.88. The van der Waals surface area contributed by atoms with Crippen LogP contribution in [0.15, 0.2) is 60.7 Å². The van der Waals surface area contributed by atoms with Gasteiger partial charge in [0, 0.05) is 13.0 Å². The van der Waals surface area contributed by atoms with Crippen LogP contribution in [0, 0.1) is 0 Å². The summed E-state index contributed by atoms with van der Waals surface area (Å²) >= 11 is 0. The molecule has 0 aliphatic carbocycles. The van der Waals surface area contributed by atoms with Crippen LogP contribution in [-0.4, -0.2) is 57.6 Å². The van der Waals surface area contributed by atoms with Crippen molar-refractivity contribution >= 4 is 17.8 Å². The van der Waals surface area contributed by atoms with Crippen LogP contribution < -0.4 is 5.32 Å². The van der Waals surface area contributed by atoms with Gasteiger partial charge in [0.25, 0.3) is 0 Å². The maximum atomic E-state index is 13.3. The van der Waals surface area contributed by atoms with Crippen molar-refractivity contribution in [2.24, 2.45) is 0 Å². The van der Waals surface area contributed by atoms with Crippen LogP contribution in [-0.2, 0) is 27.2 Å². The molecule has 3 atom stereocenters. The molecule has 7 nitrogen and oxygen atoms in total. The molecule has 0 spiro atoms. The number of amides is 1. The minimum Gasteiger partial charge on any atom is -0.480 e. The molecule has 170 valence electrons. The first kappa shape index (κ1) is 23.5. The number of nitrogens with one attached hydrogen (secondary N) is 1. The number of carbonyl (C=O) groups excluding carboxylic acids is 1. The third-order valence-corrected chi connectivity index (χ3v) is 5.92. The van der Waals surface area contributed by atoms with E-state index in [1.165, 1.54) is 4.90 Å². The first-order valence-corrected chi connectivity index (χ1v) is 11.1. The fourth-order valence-corrected chi connectivity index (χ4v) is 4.17. The summed E-state index contributed by atoms with van der Waals surface area (Å²) in [5.74, 6) is -2.40. The molecule has 3 N–H and O–H groups in total. The molecule has 0 radical (unpaired) electrons. The first-order chi connectivity index (χ1) is 15.5. The average molecular weight is 439 g/mol. The van der Waals surface area contributed by atoms with Crippen molar-refractivity contribution in [1.29, 1.82) is 0 Å². The Morgan fingerprint density at radius 3 is 2.16 bits per heavy atom. The lowest BCUT2D eigenvalue weighted by atomic mass is 10.0. The molecule has 7 heteroatoms. The second-order valence-corrected chi connectivity index (χ2v) is 8.21. The Kier molecular flexibility index (Phi) is 8.39. The van der Waals surface area contributed by atoms with E-state index in [9.17, 15) is 24.6 Å². The van der Waals surface area contributed by atoms with Gasteiger partial charge in [-0.3, -0.25) is 14.9 Å². The summed E-state index contributed by atoms with van der Waals surface area (Å²) in [7, 11) is 0. The average Bonchev–Trinajstić information content (AvgIpc) is 2.97. The summed E-state index contributed by atoms with van der Waals surface area (Å²) < 4.78 is 0. The van der Waals surface area contributed by atoms with Crippen molar-refractivity contribution < 1.29 is 24.6 Å². The summed E-state index contributed by atoms with van der Waals surface area (Å²) in [6, 6.07) is 16.2. The number of hydrogen-bond donors (Lipinski definition) is 3. The molecule has 1 heterocycles. The van der Waals surface area contributed by atoms with Crippen LogP contribution in [0.2, 0.25) is 0 Å². The monoisotopic (exact) mass is 438 g/mol. The summed E-state index contributed by atoms with van der Waals surface area (Å²) in [5.41, 5.74) is 1.87. The molecule has 2 unspecified atom stereocenters. The number of nitrogens with zero attached hydrogens (tertiary/aromatic N) is 1. The van der Waals surface area contributed by atoms with Crippen LogP contribution in [0.25, 0.3) is 0 Å². The number of likely N-dealkylation sites (tertiary alicyclic amines) is 1. The molecule has 1 saturated heterocycles. The smallest absolute Gasteiger partial charge is 0.326 e. The van der Waals surface area contributed by atoms with E-state index in [4.69, 9.17) is 0 Å². The van der Waals surface area contributed by atoms with E-state index < -0.39 is 30.1 Å². The maximum absolute atomic E-state index is 13.3. The van der Waals surface area contributed by atoms with Gasteiger partial charge in [0.15, 0.2) is 0 Å². The third-order valence-electron chi connectivity index (χ3n) is 5.92. The highest BCUT2D eigenvalue weighted by atomic mass is 16.4. The van der Waals surface area contributed by atoms with E-state index in [1.54, 1.807) is 0 Å². The molecule has 1 fully saturated rings. The molecule has 1 amide bonds. The van der Waals surface area contributed by atoms with E-state index in [2.05, 4.69) is 5.32 Å². The molecule has 2 aromatic carbocycles. The zero-order chi connectivity index (χ0) is 22.9. The normalized spacial score (nSPS) is 18.6. The van der Waals surface area contributed by atoms with Crippen molar-refractivity contribution in [2.75, 3.05) is 6.54 Å². The van der Waals surface area contributed by atoms with Crippen molar-refractivity contribution in [3.63, 3.8) is 0 Å². The second-order valence-electron chi connectivity index (χ2n) is 8.21. The predicted octanol–water partition coefficient (Wildman–Crippen LogP) is 2.74. The minimum atomic E-state index is -1.05. The molecule has 2 aromatic rings. The number of aryl methyl sites for hydroxylation is 1. The summed E-state index contributed by atoms with van der Waals surface area (Å²) in [6.45, 7) is 0.350. The van der Waals surface area contributed by atoms with E-state index in [-0.39, 0.29) is 12.3 Å². The lowest BCUT2D eigenvalue weighted by Gasteiger charge is -2.31. The Morgan fingerprint density at radius 1 is 0.938 bits per heavy atom. The van der Waals surface area contributed by atoms with Crippen molar-refractivity contribution in [2.45, 2.75) is 56.7 Å². The third kappa shape index (κ3) is 6.40. The minimum absolute atomic E-state index is 0.213. The fraction of sp³-hybridized carbons (Fsp3) is 0.400. The van der Waals surface area contributed by atoms with E-state index in [1.807, 2.05) is 60.7 Å². The quantitative estimate of drug-likeness (QED) is 0.527. The van der Waals surface area contributed by atoms with Gasteiger partial charge < -0.3 is 15.1 Å². The van der Waals surface area contributed by atoms with Gasteiger partial charge >= 0.3 is 11.9 Å². The Balaban J connectivity index is 1.71. The van der Waals surface area contributed by atoms with Crippen LogP contribution in [0.4, 0.5) is 0 Å². The highest BCUT2D eigenvalue weighted by Gasteiger charge is 2.36. The largest absolute Gasteiger partial charge is 0.480 e. The van der Waals surface area contributed by atoms with Gasteiger partial charge in [0.2, 0.25) is 5.91 Å². The molecule has 0 aromatic heterocycles. The van der Waals surface area contributed by atoms with Crippen LogP contribution in [0.1, 0.15) is 36.8 Å². The molecule has 32 heavy (non-hydrogen) atoms. The van der Waals surface area contributed by atoms with E-state index >= 15 is 0 Å². The zero-order valence-corrected chi connectivity index (χ0v) is 18.0. The van der Waals surface area contributed by atoms with Crippen LogP contribution >= 0.6 is 0 Å². The van der Waals surface area contributed by atoms with Gasteiger partial charge in [0.05, 0.1) is 6.04 Å². The molecule has 1 aliphatic rings. The summed E-state index contributed by atoms with van der Waals surface area (Å²) in [4.78, 5) is 38.7. The van der Waals surface area contributed by atoms with Crippen LogP contribution in [0.3, 0.4) is 0 Å². The number of carboxylic acid groups (broad SMARTS) is 2. The highest BCUT2D eigenvalue weighted by Crippen LogP contribution is 2.19. The Hall–Kier alpha value is -3.19. The predicted molar refractivity (Wildman–Crippen MR) is 120 cm³/mol. The number of carboxylic acids is 2. The van der Waals surface area contributed by atoms with Gasteiger partial charge in [0.1, 0.15) is 12.1 Å². The first-order valence-electron chi connectivity index (χ1n) is 11.1. The summed E-state index contributed by atoms with van der Waals surface area (Å²) in [6.07, 6.45) is 3.02. The number of carbonyl (C=O) groups is 3. The molecule has 1 aliphatic heterocycles. The van der Waals surface area contributed by atoms with Crippen LogP contribution in [0.5, 0.6) is 0 Å². The van der Waals surface area contributed by atoms with E-state index in [0.29, 0.717) is 32.2 Å². The van der Waals surface area contributed by atoms with Gasteiger partial charge in [-0.05, 0) is 43.2 Å². The number of hydrogen-bond acceptors (Lipinski definition) is 4. The van der Waals surface area contributed by atoms with Gasteiger partial charge in [-0.25, -0.2) is 4.79 Å². The maximum Gasteiger partial charge on any atom is 0.326 e. The molecular formula is C25H30N2O5. The van der Waals surface area contributed by atoms with E-state index in [0.717, 1.165) is 17.5 Å². The Labute approximate surface area is 188 Å². The lowest BCUT2D eigenvalue weighted by molar-refractivity contribution is -0.151. The zero-order valence-electron chi connectivity index (χ0n) is 18.0. The summed E-state index contributed by atoms with van der Waals surface area (Å²) in [5, 5.41) is 22.6. The van der Waals surface area contributed by atoms with Gasteiger partial charge in [-0.2, -0.15) is 0 Å². The topological polar surface area (TPSA) is 107 Å². The molecular weight excluding hydrogens is 408 g/mol. The fourth-order valence-electron chi connectivity index (χ4n) is 4.17. The standard InChI is InChI=1S/C25H30N2O5/c28-23-20(26-21(24(29)30)15-14-18-9-3-1-4-10-18)13-7-8-16-27(23)22(25(31)32)17-19-11-5-2-6-12-19/h1-6,9-12,20-22,26H,7-8,13-17H2,(H,29,30)(H,31,32)/t20-,21?,22?/m0/s1. The SMILES string of the molecule is O=C(O)C(CCc1ccccc1)N[C@H]1CCCCN(C(Cc2ccccc2)C(=O)O)C1=O. The van der Waals surface area contributed by atoms with Crippen molar-refractivity contribution in [1.82, 2.24) is 10.2 Å². The lowest BCUT2D eigenvalue weighted by Crippen LogP contribution is -2.55.